The number of piperazine rings is 1. The summed E-state index contributed by atoms with van der Waals surface area (Å²) < 4.78 is 5.48. The predicted molar refractivity (Wildman–Crippen MR) is 85.9 cm³/mol. The lowest BCUT2D eigenvalue weighted by Gasteiger charge is -2.36. The molecule has 0 radical (unpaired) electrons. The van der Waals surface area contributed by atoms with E-state index in [1.54, 1.807) is 0 Å². The first kappa shape index (κ1) is 14.4. The van der Waals surface area contributed by atoms with Crippen molar-refractivity contribution in [1.29, 1.82) is 0 Å². The lowest BCUT2D eigenvalue weighted by molar-refractivity contribution is 0.0850. The van der Waals surface area contributed by atoms with Crippen LogP contribution in [0.2, 0.25) is 0 Å². The van der Waals surface area contributed by atoms with Gasteiger partial charge in [-0.3, -0.25) is 9.80 Å². The number of rotatable bonds is 5. The van der Waals surface area contributed by atoms with Gasteiger partial charge in [-0.05, 0) is 31.2 Å². The zero-order chi connectivity index (χ0) is 14.9. The van der Waals surface area contributed by atoms with E-state index in [4.69, 9.17) is 4.52 Å². The summed E-state index contributed by atoms with van der Waals surface area (Å²) in [5, 5.41) is 6.29. The Balaban J connectivity index is 1.32. The summed E-state index contributed by atoms with van der Waals surface area (Å²) >= 11 is 1.84. The average Bonchev–Trinajstić information content (AvgIpc) is 3.06. The third-order valence-corrected chi connectivity index (χ3v) is 5.53. The van der Waals surface area contributed by atoms with E-state index < -0.39 is 0 Å². The maximum absolute atomic E-state index is 5.48. The number of aromatic nitrogens is 2. The Bertz CT molecular complexity index is 599. The van der Waals surface area contributed by atoms with Crippen molar-refractivity contribution in [3.05, 3.63) is 34.1 Å². The third-order valence-electron chi connectivity index (χ3n) is 4.67. The first-order valence-electron chi connectivity index (χ1n) is 8.12. The van der Waals surface area contributed by atoms with Crippen LogP contribution in [-0.4, -0.2) is 46.1 Å². The fraction of sp³-hybridized carbons (Fsp3) is 0.625. The van der Waals surface area contributed by atoms with Gasteiger partial charge in [-0.25, -0.2) is 0 Å². The monoisotopic (exact) mass is 318 g/mol. The van der Waals surface area contributed by atoms with Crippen molar-refractivity contribution in [3.8, 4) is 0 Å². The van der Waals surface area contributed by atoms with E-state index >= 15 is 0 Å². The van der Waals surface area contributed by atoms with E-state index in [2.05, 4.69) is 44.4 Å². The minimum absolute atomic E-state index is 0.226. The number of nitrogens with zero attached hydrogens (tertiary/aromatic N) is 4. The van der Waals surface area contributed by atoms with Crippen molar-refractivity contribution in [2.45, 2.75) is 38.3 Å². The standard InChI is InChI=1S/C16H22N4OS/c1-12(16-17-15(18-21-16)13-4-5-13)20-8-6-19(7-9-20)11-14-3-2-10-22-14/h2-3,10,12-13H,4-9,11H2,1H3/t12-/m1/s1. The lowest BCUT2D eigenvalue weighted by Crippen LogP contribution is -2.46. The molecule has 118 valence electrons. The molecule has 6 heteroatoms. The van der Waals surface area contributed by atoms with Crippen LogP contribution in [0.15, 0.2) is 22.0 Å². The largest absolute Gasteiger partial charge is 0.338 e. The summed E-state index contributed by atoms with van der Waals surface area (Å²) in [6.45, 7) is 7.59. The molecule has 0 N–H and O–H groups in total. The maximum atomic E-state index is 5.48. The Hall–Kier alpha value is -1.24. The number of hydrogen-bond donors (Lipinski definition) is 0. The molecule has 0 spiro atoms. The molecule has 2 aromatic heterocycles. The molecule has 0 unspecified atom stereocenters. The van der Waals surface area contributed by atoms with Crippen molar-refractivity contribution >= 4 is 11.3 Å². The Labute approximate surface area is 134 Å². The third kappa shape index (κ3) is 3.09. The van der Waals surface area contributed by atoms with Gasteiger partial charge in [0.2, 0.25) is 5.89 Å². The highest BCUT2D eigenvalue weighted by molar-refractivity contribution is 7.09. The Morgan fingerprint density at radius 1 is 1.32 bits per heavy atom. The molecule has 0 amide bonds. The molecule has 2 aliphatic rings. The van der Waals surface area contributed by atoms with Crippen molar-refractivity contribution < 1.29 is 4.52 Å². The summed E-state index contributed by atoms with van der Waals surface area (Å²) in [6, 6.07) is 4.58. The highest BCUT2D eigenvalue weighted by atomic mass is 32.1. The van der Waals surface area contributed by atoms with Crippen molar-refractivity contribution in [2.75, 3.05) is 26.2 Å². The van der Waals surface area contributed by atoms with E-state index in [0.717, 1.165) is 44.4 Å². The topological polar surface area (TPSA) is 45.4 Å². The van der Waals surface area contributed by atoms with Gasteiger partial charge in [0.05, 0.1) is 6.04 Å². The van der Waals surface area contributed by atoms with Gasteiger partial charge in [0.1, 0.15) is 0 Å². The lowest BCUT2D eigenvalue weighted by atomic mass is 10.2. The van der Waals surface area contributed by atoms with Gasteiger partial charge in [-0.1, -0.05) is 11.2 Å². The summed E-state index contributed by atoms with van der Waals surface area (Å²) in [7, 11) is 0. The second kappa shape index (κ2) is 6.10. The molecule has 1 aliphatic heterocycles. The molecule has 1 atom stereocenters. The zero-order valence-electron chi connectivity index (χ0n) is 12.9. The minimum Gasteiger partial charge on any atom is -0.338 e. The van der Waals surface area contributed by atoms with Gasteiger partial charge < -0.3 is 4.52 Å². The van der Waals surface area contributed by atoms with Crippen LogP contribution >= 0.6 is 11.3 Å². The first-order valence-corrected chi connectivity index (χ1v) is 9.00. The van der Waals surface area contributed by atoms with Crippen molar-refractivity contribution in [2.24, 2.45) is 0 Å². The van der Waals surface area contributed by atoms with Gasteiger partial charge >= 0.3 is 0 Å². The highest BCUT2D eigenvalue weighted by Gasteiger charge is 2.31. The molecule has 0 aromatic carbocycles. The Kier molecular flexibility index (Phi) is 3.98. The van der Waals surface area contributed by atoms with Gasteiger partial charge in [0, 0.05) is 43.5 Å². The van der Waals surface area contributed by atoms with Crippen LogP contribution in [0.3, 0.4) is 0 Å². The molecular formula is C16H22N4OS. The summed E-state index contributed by atoms with van der Waals surface area (Å²) in [6.07, 6.45) is 2.43. The maximum Gasteiger partial charge on any atom is 0.243 e. The second-order valence-electron chi connectivity index (χ2n) is 6.33. The number of thiophene rings is 1. The first-order chi connectivity index (χ1) is 10.8. The SMILES string of the molecule is C[C@H](c1nc(C2CC2)no1)N1CCN(Cc2cccs2)CC1. The van der Waals surface area contributed by atoms with Crippen LogP contribution in [0.1, 0.15) is 48.3 Å². The van der Waals surface area contributed by atoms with Gasteiger partial charge in [0.15, 0.2) is 5.82 Å². The molecule has 2 fully saturated rings. The molecule has 1 saturated carbocycles. The van der Waals surface area contributed by atoms with E-state index in [-0.39, 0.29) is 6.04 Å². The van der Waals surface area contributed by atoms with Crippen LogP contribution in [0.5, 0.6) is 0 Å². The summed E-state index contributed by atoms with van der Waals surface area (Å²) in [4.78, 5) is 11.0. The molecule has 2 aromatic rings. The summed E-state index contributed by atoms with van der Waals surface area (Å²) in [5.74, 6) is 2.26. The van der Waals surface area contributed by atoms with Crippen LogP contribution < -0.4 is 0 Å². The molecule has 22 heavy (non-hydrogen) atoms. The molecule has 0 bridgehead atoms. The van der Waals surface area contributed by atoms with Crippen LogP contribution in [0.25, 0.3) is 0 Å². The quantitative estimate of drug-likeness (QED) is 0.848. The molecule has 3 heterocycles. The van der Waals surface area contributed by atoms with E-state index in [1.165, 1.54) is 17.7 Å². The molecule has 4 rings (SSSR count). The van der Waals surface area contributed by atoms with Gasteiger partial charge in [-0.15, -0.1) is 11.3 Å². The predicted octanol–water partition coefficient (Wildman–Crippen LogP) is 2.89. The van der Waals surface area contributed by atoms with E-state index in [9.17, 15) is 0 Å². The fourth-order valence-electron chi connectivity index (χ4n) is 3.01. The Morgan fingerprint density at radius 3 is 2.82 bits per heavy atom. The van der Waals surface area contributed by atoms with Crippen LogP contribution in [0.4, 0.5) is 0 Å². The zero-order valence-corrected chi connectivity index (χ0v) is 13.8. The van der Waals surface area contributed by atoms with Gasteiger partial charge in [-0.2, -0.15) is 4.98 Å². The van der Waals surface area contributed by atoms with Crippen LogP contribution in [-0.2, 0) is 6.54 Å². The van der Waals surface area contributed by atoms with Crippen molar-refractivity contribution in [1.82, 2.24) is 19.9 Å². The smallest absolute Gasteiger partial charge is 0.243 e. The highest BCUT2D eigenvalue weighted by Crippen LogP contribution is 2.38. The summed E-state index contributed by atoms with van der Waals surface area (Å²) in [5.41, 5.74) is 0. The normalized spacial score (nSPS) is 22.0. The van der Waals surface area contributed by atoms with E-state index in [1.807, 2.05) is 11.3 Å². The average molecular weight is 318 g/mol. The second-order valence-corrected chi connectivity index (χ2v) is 7.36. The van der Waals surface area contributed by atoms with E-state index in [0.29, 0.717) is 5.92 Å². The van der Waals surface area contributed by atoms with Crippen LogP contribution in [0, 0.1) is 0 Å². The molecule has 1 saturated heterocycles. The number of hydrogen-bond acceptors (Lipinski definition) is 6. The fourth-order valence-corrected chi connectivity index (χ4v) is 3.76. The molecule has 5 nitrogen and oxygen atoms in total. The molecular weight excluding hydrogens is 296 g/mol. The van der Waals surface area contributed by atoms with Crippen molar-refractivity contribution in [3.63, 3.8) is 0 Å². The van der Waals surface area contributed by atoms with Gasteiger partial charge in [0.25, 0.3) is 0 Å². The molecule has 1 aliphatic carbocycles. The Morgan fingerprint density at radius 2 is 2.14 bits per heavy atom. The minimum atomic E-state index is 0.226.